The van der Waals surface area contributed by atoms with Crippen LogP contribution in [0.25, 0.3) is 0 Å². The first kappa shape index (κ1) is 14.8. The molecule has 1 amide bonds. The first-order valence-corrected chi connectivity index (χ1v) is 7.89. The monoisotopic (exact) mass is 297 g/mol. The van der Waals surface area contributed by atoms with Crippen LogP contribution in [0, 0.1) is 6.92 Å². The molecule has 1 heterocycles. The van der Waals surface area contributed by atoms with Gasteiger partial charge in [0.1, 0.15) is 4.90 Å². The summed E-state index contributed by atoms with van der Waals surface area (Å²) in [6.07, 6.45) is 0. The molecular formula is C13H19N3O3S. The van der Waals surface area contributed by atoms with E-state index >= 15 is 0 Å². The van der Waals surface area contributed by atoms with E-state index in [0.717, 1.165) is 0 Å². The highest BCUT2D eigenvalue weighted by Gasteiger charge is 2.31. The number of nitrogens with two attached hydrogens (primary N) is 1. The molecule has 1 aliphatic rings. The summed E-state index contributed by atoms with van der Waals surface area (Å²) in [7, 11) is -3.60. The van der Waals surface area contributed by atoms with Crippen LogP contribution in [-0.4, -0.2) is 49.7 Å². The van der Waals surface area contributed by atoms with Crippen LogP contribution in [0.4, 0.5) is 5.69 Å². The van der Waals surface area contributed by atoms with Crippen LogP contribution in [-0.2, 0) is 14.8 Å². The lowest BCUT2D eigenvalue weighted by Gasteiger charge is -2.33. The van der Waals surface area contributed by atoms with Gasteiger partial charge in [-0.25, -0.2) is 8.42 Å². The minimum absolute atomic E-state index is 0.0301. The Balaban J connectivity index is 2.27. The van der Waals surface area contributed by atoms with Crippen molar-refractivity contribution in [3.8, 4) is 0 Å². The lowest BCUT2D eigenvalue weighted by molar-refractivity contribution is -0.129. The van der Waals surface area contributed by atoms with Gasteiger partial charge < -0.3 is 10.6 Å². The number of hydrogen-bond acceptors (Lipinski definition) is 4. The molecule has 0 spiro atoms. The van der Waals surface area contributed by atoms with Gasteiger partial charge in [0.2, 0.25) is 15.9 Å². The van der Waals surface area contributed by atoms with Crippen LogP contribution in [0.3, 0.4) is 0 Å². The van der Waals surface area contributed by atoms with E-state index in [1.165, 1.54) is 11.2 Å². The van der Waals surface area contributed by atoms with E-state index in [1.807, 2.05) is 0 Å². The van der Waals surface area contributed by atoms with Gasteiger partial charge in [0.15, 0.2) is 0 Å². The molecule has 2 N–H and O–H groups in total. The van der Waals surface area contributed by atoms with Crippen molar-refractivity contribution < 1.29 is 13.2 Å². The number of nitrogens with zero attached hydrogens (tertiary/aromatic N) is 2. The molecule has 20 heavy (non-hydrogen) atoms. The Labute approximate surface area is 119 Å². The number of nitrogen functional groups attached to an aromatic ring is 1. The van der Waals surface area contributed by atoms with E-state index in [1.54, 1.807) is 30.0 Å². The normalized spacial score (nSPS) is 17.2. The van der Waals surface area contributed by atoms with Crippen LogP contribution in [0.5, 0.6) is 0 Å². The Kier molecular flexibility index (Phi) is 4.01. The number of benzene rings is 1. The summed E-state index contributed by atoms with van der Waals surface area (Å²) in [5, 5.41) is 0. The maximum atomic E-state index is 12.6. The molecule has 0 atom stereocenters. The number of aryl methyl sites for hydroxylation is 1. The van der Waals surface area contributed by atoms with Crippen LogP contribution in [0.15, 0.2) is 23.1 Å². The van der Waals surface area contributed by atoms with Crippen molar-refractivity contribution in [2.45, 2.75) is 18.7 Å². The molecule has 0 aliphatic carbocycles. The summed E-state index contributed by atoms with van der Waals surface area (Å²) in [5.41, 5.74) is 6.72. The maximum Gasteiger partial charge on any atom is 0.245 e. The average molecular weight is 297 g/mol. The third kappa shape index (κ3) is 2.64. The van der Waals surface area contributed by atoms with E-state index in [9.17, 15) is 13.2 Å². The second kappa shape index (κ2) is 5.41. The highest BCUT2D eigenvalue weighted by Crippen LogP contribution is 2.26. The summed E-state index contributed by atoms with van der Waals surface area (Å²) in [6, 6.07) is 5.05. The minimum Gasteiger partial charge on any atom is -0.398 e. The third-order valence-electron chi connectivity index (χ3n) is 3.52. The minimum atomic E-state index is -3.60. The van der Waals surface area contributed by atoms with Gasteiger partial charge in [0.05, 0.1) is 5.69 Å². The van der Waals surface area contributed by atoms with E-state index in [4.69, 9.17) is 5.73 Å². The number of carbonyl (C=O) groups excluding carboxylic acids is 1. The molecule has 0 bridgehead atoms. The smallest absolute Gasteiger partial charge is 0.245 e. The number of sulfonamides is 1. The van der Waals surface area contributed by atoms with Crippen molar-refractivity contribution in [1.82, 2.24) is 9.21 Å². The molecule has 1 aromatic rings. The Hall–Kier alpha value is -1.60. The summed E-state index contributed by atoms with van der Waals surface area (Å²) in [6.45, 7) is 4.66. The van der Waals surface area contributed by atoms with Gasteiger partial charge in [-0.15, -0.1) is 0 Å². The van der Waals surface area contributed by atoms with Gasteiger partial charge >= 0.3 is 0 Å². The molecule has 7 heteroatoms. The van der Waals surface area contributed by atoms with Crippen LogP contribution < -0.4 is 5.73 Å². The molecule has 1 aliphatic heterocycles. The second-order valence-corrected chi connectivity index (χ2v) is 6.78. The zero-order valence-electron chi connectivity index (χ0n) is 11.7. The number of carbonyl (C=O) groups is 1. The van der Waals surface area contributed by atoms with E-state index < -0.39 is 10.0 Å². The van der Waals surface area contributed by atoms with Crippen LogP contribution >= 0.6 is 0 Å². The number of piperazine rings is 1. The summed E-state index contributed by atoms with van der Waals surface area (Å²) in [5.74, 6) is -0.0301. The SMILES string of the molecule is CC(=O)N1CCN(S(=O)(=O)c2c(C)cccc2N)CC1. The predicted octanol–water partition coefficient (Wildman–Crippen LogP) is 0.430. The molecule has 0 radical (unpaired) electrons. The molecule has 0 unspecified atom stereocenters. The Morgan fingerprint density at radius 3 is 2.30 bits per heavy atom. The molecule has 0 saturated carbocycles. The van der Waals surface area contributed by atoms with Crippen molar-refractivity contribution in [3.05, 3.63) is 23.8 Å². The topological polar surface area (TPSA) is 83.7 Å². The van der Waals surface area contributed by atoms with Crippen molar-refractivity contribution in [2.24, 2.45) is 0 Å². The molecule has 1 fully saturated rings. The standard InChI is InChI=1S/C13H19N3O3S/c1-10-4-3-5-12(14)13(10)20(18,19)16-8-6-15(7-9-16)11(2)17/h3-5H,6-9,14H2,1-2H3. The zero-order chi connectivity index (χ0) is 14.9. The quantitative estimate of drug-likeness (QED) is 0.802. The fourth-order valence-corrected chi connectivity index (χ4v) is 4.14. The van der Waals surface area contributed by atoms with Gasteiger partial charge in [0.25, 0.3) is 0 Å². The van der Waals surface area contributed by atoms with Crippen molar-refractivity contribution in [2.75, 3.05) is 31.9 Å². The number of anilines is 1. The fourth-order valence-electron chi connectivity index (χ4n) is 2.40. The van der Waals surface area contributed by atoms with Gasteiger partial charge in [-0.3, -0.25) is 4.79 Å². The van der Waals surface area contributed by atoms with Gasteiger partial charge in [-0.2, -0.15) is 4.31 Å². The predicted molar refractivity (Wildman–Crippen MR) is 76.6 cm³/mol. The van der Waals surface area contributed by atoms with Gasteiger partial charge in [-0.1, -0.05) is 12.1 Å². The average Bonchev–Trinajstić information content (AvgIpc) is 2.38. The lowest BCUT2D eigenvalue weighted by atomic mass is 10.2. The largest absolute Gasteiger partial charge is 0.398 e. The second-order valence-electron chi connectivity index (χ2n) is 4.90. The molecule has 1 aromatic carbocycles. The number of amides is 1. The highest BCUT2D eigenvalue weighted by molar-refractivity contribution is 7.89. The third-order valence-corrected chi connectivity index (χ3v) is 5.64. The number of rotatable bonds is 2. The van der Waals surface area contributed by atoms with E-state index in [2.05, 4.69) is 0 Å². The molecule has 2 rings (SSSR count). The first-order valence-electron chi connectivity index (χ1n) is 6.45. The molecule has 110 valence electrons. The van der Waals surface area contributed by atoms with Crippen molar-refractivity contribution >= 4 is 21.6 Å². The molecular weight excluding hydrogens is 278 g/mol. The number of hydrogen-bond donors (Lipinski definition) is 1. The molecule has 0 aromatic heterocycles. The summed E-state index contributed by atoms with van der Waals surface area (Å²) >= 11 is 0. The van der Waals surface area contributed by atoms with E-state index in [0.29, 0.717) is 31.7 Å². The van der Waals surface area contributed by atoms with E-state index in [-0.39, 0.29) is 16.5 Å². The Morgan fingerprint density at radius 2 is 1.80 bits per heavy atom. The molecule has 1 saturated heterocycles. The van der Waals surface area contributed by atoms with Gasteiger partial charge in [0, 0.05) is 33.1 Å². The summed E-state index contributed by atoms with van der Waals surface area (Å²) in [4.78, 5) is 13.1. The first-order chi connectivity index (χ1) is 9.34. The lowest BCUT2D eigenvalue weighted by Crippen LogP contribution is -2.50. The zero-order valence-corrected chi connectivity index (χ0v) is 12.5. The van der Waals surface area contributed by atoms with Gasteiger partial charge in [-0.05, 0) is 18.6 Å². The molecule has 6 nitrogen and oxygen atoms in total. The Bertz CT molecular complexity index is 599. The summed E-state index contributed by atoms with van der Waals surface area (Å²) < 4.78 is 26.7. The maximum absolute atomic E-state index is 12.6. The van der Waals surface area contributed by atoms with Crippen molar-refractivity contribution in [3.63, 3.8) is 0 Å². The fraction of sp³-hybridized carbons (Fsp3) is 0.462. The highest BCUT2D eigenvalue weighted by atomic mass is 32.2. The van der Waals surface area contributed by atoms with Crippen LogP contribution in [0.2, 0.25) is 0 Å². The van der Waals surface area contributed by atoms with Crippen molar-refractivity contribution in [1.29, 1.82) is 0 Å². The Morgan fingerprint density at radius 1 is 1.20 bits per heavy atom. The van der Waals surface area contributed by atoms with Crippen LogP contribution in [0.1, 0.15) is 12.5 Å².